The minimum atomic E-state index is -0.509. The van der Waals surface area contributed by atoms with Crippen LogP contribution in [0.2, 0.25) is 4.34 Å². The predicted molar refractivity (Wildman–Crippen MR) is 121 cm³/mol. The molecule has 0 saturated carbocycles. The van der Waals surface area contributed by atoms with Gasteiger partial charge in [-0.15, -0.1) is 11.3 Å². The molecule has 0 bridgehead atoms. The molecule has 0 aromatic carbocycles. The molecule has 0 radical (unpaired) electrons. The van der Waals surface area contributed by atoms with E-state index < -0.39 is 11.3 Å². The van der Waals surface area contributed by atoms with Gasteiger partial charge < -0.3 is 14.8 Å². The van der Waals surface area contributed by atoms with Crippen molar-refractivity contribution < 1.29 is 9.59 Å². The average Bonchev–Trinajstić information content (AvgIpc) is 2.99. The first-order chi connectivity index (χ1) is 14.4. The van der Waals surface area contributed by atoms with E-state index in [1.165, 1.54) is 11.3 Å². The molecule has 1 N–H and O–H groups in total. The van der Waals surface area contributed by atoms with Crippen molar-refractivity contribution in [3.05, 3.63) is 55.1 Å². The quantitative estimate of drug-likeness (QED) is 0.706. The number of amides is 2. The Labute approximate surface area is 185 Å². The Bertz CT molecular complexity index is 961. The van der Waals surface area contributed by atoms with E-state index in [1.807, 2.05) is 24.5 Å². The summed E-state index contributed by atoms with van der Waals surface area (Å²) in [5.74, 6) is -0.759. The van der Waals surface area contributed by atoms with Crippen LogP contribution in [0.25, 0.3) is 0 Å². The zero-order valence-corrected chi connectivity index (χ0v) is 19.0. The van der Waals surface area contributed by atoms with Crippen molar-refractivity contribution in [2.45, 2.75) is 58.5 Å². The zero-order valence-electron chi connectivity index (χ0n) is 17.4. The molecular formula is C22H28ClN3O3S. The zero-order chi connectivity index (χ0) is 21.7. The number of nitrogens with zero attached hydrogens (tertiary/aromatic N) is 2. The number of thiophene rings is 1. The fraction of sp³-hybridized carbons (Fsp3) is 0.500. The number of aromatic nitrogens is 1. The van der Waals surface area contributed by atoms with E-state index in [-0.39, 0.29) is 29.6 Å². The van der Waals surface area contributed by atoms with E-state index in [1.54, 1.807) is 23.4 Å². The second-order valence-corrected chi connectivity index (χ2v) is 9.51. The van der Waals surface area contributed by atoms with Gasteiger partial charge >= 0.3 is 0 Å². The molecule has 30 heavy (non-hydrogen) atoms. The molecule has 1 aliphatic rings. The molecule has 1 aliphatic heterocycles. The number of pyridine rings is 1. The van der Waals surface area contributed by atoms with Crippen molar-refractivity contribution >= 4 is 34.8 Å². The highest BCUT2D eigenvalue weighted by Crippen LogP contribution is 2.21. The van der Waals surface area contributed by atoms with Gasteiger partial charge in [-0.2, -0.15) is 0 Å². The monoisotopic (exact) mass is 449 g/mol. The molecule has 8 heteroatoms. The van der Waals surface area contributed by atoms with E-state index >= 15 is 0 Å². The molecule has 2 aromatic rings. The molecular weight excluding hydrogens is 422 g/mol. The van der Waals surface area contributed by atoms with Crippen LogP contribution in [0.15, 0.2) is 29.3 Å². The van der Waals surface area contributed by atoms with Gasteiger partial charge in [0.25, 0.3) is 11.8 Å². The van der Waals surface area contributed by atoms with Gasteiger partial charge in [0.1, 0.15) is 11.1 Å². The maximum Gasteiger partial charge on any atom is 0.259 e. The van der Waals surface area contributed by atoms with Crippen LogP contribution in [0.1, 0.15) is 77.6 Å². The van der Waals surface area contributed by atoms with Gasteiger partial charge in [0.15, 0.2) is 0 Å². The minimum Gasteiger partial charge on any atom is -0.350 e. The lowest BCUT2D eigenvalue weighted by molar-refractivity contribution is 0.0759. The molecule has 1 unspecified atom stereocenters. The van der Waals surface area contributed by atoms with Crippen molar-refractivity contribution in [1.82, 2.24) is 14.8 Å². The molecule has 2 aromatic heterocycles. The van der Waals surface area contributed by atoms with Gasteiger partial charge in [-0.1, -0.05) is 31.4 Å². The van der Waals surface area contributed by atoms with Crippen LogP contribution >= 0.6 is 22.9 Å². The van der Waals surface area contributed by atoms with E-state index in [2.05, 4.69) is 5.32 Å². The Hall–Kier alpha value is -2.12. The largest absolute Gasteiger partial charge is 0.350 e. The lowest BCUT2D eigenvalue weighted by atomic mass is 10.1. The lowest BCUT2D eigenvalue weighted by Crippen LogP contribution is -2.38. The van der Waals surface area contributed by atoms with E-state index in [0.717, 1.165) is 37.0 Å². The fourth-order valence-corrected chi connectivity index (χ4v) is 4.56. The molecule has 6 nitrogen and oxygen atoms in total. The Morgan fingerprint density at radius 3 is 2.40 bits per heavy atom. The molecule has 3 heterocycles. The third-order valence-electron chi connectivity index (χ3n) is 5.57. The summed E-state index contributed by atoms with van der Waals surface area (Å²) in [4.78, 5) is 41.8. The third kappa shape index (κ3) is 5.32. The minimum absolute atomic E-state index is 0.00127. The van der Waals surface area contributed by atoms with Gasteiger partial charge in [-0.25, -0.2) is 0 Å². The Morgan fingerprint density at radius 1 is 1.13 bits per heavy atom. The number of hydrogen-bond acceptors (Lipinski definition) is 4. The summed E-state index contributed by atoms with van der Waals surface area (Å²) >= 11 is 7.32. The maximum absolute atomic E-state index is 13.2. The Kier molecular flexibility index (Phi) is 7.72. The van der Waals surface area contributed by atoms with Crippen molar-refractivity contribution in [2.75, 3.05) is 13.1 Å². The molecule has 3 rings (SSSR count). The Balaban J connectivity index is 1.91. The van der Waals surface area contributed by atoms with Crippen LogP contribution in [-0.2, 0) is 6.54 Å². The molecule has 162 valence electrons. The maximum atomic E-state index is 13.2. The number of carbonyl (C=O) groups excluding carboxylic acids is 2. The predicted octanol–water partition coefficient (Wildman–Crippen LogP) is 4.48. The van der Waals surface area contributed by atoms with Crippen LogP contribution < -0.4 is 10.7 Å². The summed E-state index contributed by atoms with van der Waals surface area (Å²) in [5, 5.41) is 2.78. The van der Waals surface area contributed by atoms with Crippen molar-refractivity contribution in [2.24, 2.45) is 0 Å². The lowest BCUT2D eigenvalue weighted by Gasteiger charge is -2.22. The summed E-state index contributed by atoms with van der Waals surface area (Å²) in [5.41, 5.74) is -0.437. The summed E-state index contributed by atoms with van der Waals surface area (Å²) in [7, 11) is 0. The molecule has 2 amide bonds. The molecule has 1 fully saturated rings. The highest BCUT2D eigenvalue weighted by atomic mass is 35.5. The van der Waals surface area contributed by atoms with Crippen LogP contribution in [0, 0.1) is 0 Å². The highest BCUT2D eigenvalue weighted by molar-refractivity contribution is 7.16. The van der Waals surface area contributed by atoms with Crippen LogP contribution in [0.4, 0.5) is 0 Å². The number of rotatable bonds is 6. The topological polar surface area (TPSA) is 71.4 Å². The molecule has 1 saturated heterocycles. The van der Waals surface area contributed by atoms with Crippen LogP contribution in [0.3, 0.4) is 0 Å². The second kappa shape index (κ2) is 10.3. The standard InChI is InChI=1S/C22H28ClN3O3S/c1-3-15(2)26-13-17(21(28)24-12-16-8-9-19(23)30-16)20(27)18(14-26)22(29)25-10-6-4-5-7-11-25/h8-9,13-15H,3-7,10-12H2,1-2H3,(H,24,28). The van der Waals surface area contributed by atoms with Crippen LogP contribution in [-0.4, -0.2) is 34.4 Å². The van der Waals surface area contributed by atoms with Crippen molar-refractivity contribution in [3.8, 4) is 0 Å². The first-order valence-electron chi connectivity index (χ1n) is 10.5. The molecule has 0 aliphatic carbocycles. The fourth-order valence-electron chi connectivity index (χ4n) is 3.53. The number of hydrogen-bond donors (Lipinski definition) is 1. The van der Waals surface area contributed by atoms with Gasteiger partial charge in [0, 0.05) is 36.4 Å². The van der Waals surface area contributed by atoms with Gasteiger partial charge in [-0.3, -0.25) is 14.4 Å². The molecule has 0 spiro atoms. The number of carbonyl (C=O) groups is 2. The Morgan fingerprint density at radius 2 is 1.80 bits per heavy atom. The number of likely N-dealkylation sites (tertiary alicyclic amines) is 1. The first kappa shape index (κ1) is 22.6. The van der Waals surface area contributed by atoms with Gasteiger partial charge in [0.05, 0.1) is 10.9 Å². The second-order valence-electron chi connectivity index (χ2n) is 7.71. The summed E-state index contributed by atoms with van der Waals surface area (Å²) < 4.78 is 2.45. The smallest absolute Gasteiger partial charge is 0.259 e. The van der Waals surface area contributed by atoms with Gasteiger partial charge in [0.2, 0.25) is 5.43 Å². The van der Waals surface area contributed by atoms with Gasteiger partial charge in [-0.05, 0) is 38.3 Å². The number of nitrogens with one attached hydrogen (secondary N) is 1. The summed E-state index contributed by atoms with van der Waals surface area (Å²) in [6, 6.07) is 3.66. The average molecular weight is 450 g/mol. The number of halogens is 1. The first-order valence-corrected chi connectivity index (χ1v) is 11.7. The third-order valence-corrected chi connectivity index (χ3v) is 6.80. The SMILES string of the molecule is CCC(C)n1cc(C(=O)NCc2ccc(Cl)s2)c(=O)c(C(=O)N2CCCCCC2)c1. The highest BCUT2D eigenvalue weighted by Gasteiger charge is 2.24. The molecule has 1 atom stereocenters. The van der Waals surface area contributed by atoms with Crippen molar-refractivity contribution in [3.63, 3.8) is 0 Å². The summed E-state index contributed by atoms with van der Waals surface area (Å²) in [6.45, 7) is 5.61. The van der Waals surface area contributed by atoms with Crippen molar-refractivity contribution in [1.29, 1.82) is 0 Å². The van der Waals surface area contributed by atoms with E-state index in [0.29, 0.717) is 17.4 Å². The summed E-state index contributed by atoms with van der Waals surface area (Å²) in [6.07, 6.45) is 8.05. The van der Waals surface area contributed by atoms with E-state index in [4.69, 9.17) is 11.6 Å². The van der Waals surface area contributed by atoms with Crippen LogP contribution in [0.5, 0.6) is 0 Å². The normalized spacial score (nSPS) is 15.5. The van der Waals surface area contributed by atoms with E-state index in [9.17, 15) is 14.4 Å².